The first kappa shape index (κ1) is 21.1. The summed E-state index contributed by atoms with van der Waals surface area (Å²) in [5.74, 6) is 1.35. The fourth-order valence-electron chi connectivity index (χ4n) is 3.77. The zero-order valence-corrected chi connectivity index (χ0v) is 18.6. The van der Waals surface area contributed by atoms with Gasteiger partial charge in [-0.05, 0) is 48.9 Å². The average molecular weight is 464 g/mol. The lowest BCUT2D eigenvalue weighted by Gasteiger charge is -2.16. The number of nitrogens with one attached hydrogen (secondary N) is 1. The van der Waals surface area contributed by atoms with Crippen LogP contribution in [0.25, 0.3) is 22.6 Å². The number of hydrogen-bond donors (Lipinski definition) is 1. The van der Waals surface area contributed by atoms with Crippen molar-refractivity contribution in [1.82, 2.24) is 15.0 Å². The summed E-state index contributed by atoms with van der Waals surface area (Å²) in [6, 6.07) is 15.5. The van der Waals surface area contributed by atoms with Crippen molar-refractivity contribution in [2.75, 3.05) is 5.75 Å². The van der Waals surface area contributed by atoms with Crippen molar-refractivity contribution in [1.29, 1.82) is 0 Å². The molecule has 1 saturated heterocycles. The molecule has 1 N–H and O–H groups in total. The molecule has 168 valence electrons. The number of aromatic amines is 1. The van der Waals surface area contributed by atoms with Crippen molar-refractivity contribution in [2.24, 2.45) is 0 Å². The lowest BCUT2D eigenvalue weighted by atomic mass is 10.0. The predicted octanol–water partition coefficient (Wildman–Crippen LogP) is 4.59. The van der Waals surface area contributed by atoms with Gasteiger partial charge >= 0.3 is 5.97 Å². The van der Waals surface area contributed by atoms with E-state index in [9.17, 15) is 13.2 Å². The number of esters is 1. The van der Waals surface area contributed by atoms with Gasteiger partial charge in [0.2, 0.25) is 0 Å². The zero-order chi connectivity index (χ0) is 23.0. The van der Waals surface area contributed by atoms with Crippen molar-refractivity contribution in [2.45, 2.75) is 30.8 Å². The van der Waals surface area contributed by atoms with E-state index in [2.05, 4.69) is 15.0 Å². The number of hydrogen-bond acceptors (Lipinski definition) is 7. The monoisotopic (exact) mass is 463 g/mol. The Labute approximate surface area is 190 Å². The van der Waals surface area contributed by atoms with Gasteiger partial charge in [-0.15, -0.1) is 0 Å². The third-order valence-electron chi connectivity index (χ3n) is 5.54. The molecule has 9 heteroatoms. The van der Waals surface area contributed by atoms with Crippen LogP contribution in [0.1, 0.15) is 31.4 Å². The number of fused-ring (bicyclic) bond motifs is 1. The van der Waals surface area contributed by atoms with Gasteiger partial charge in [0.05, 0.1) is 21.7 Å². The lowest BCUT2D eigenvalue weighted by molar-refractivity contribution is -0.141. The highest BCUT2D eigenvalue weighted by Crippen LogP contribution is 2.39. The summed E-state index contributed by atoms with van der Waals surface area (Å²) in [7, 11) is -3.30. The number of sulfone groups is 1. The van der Waals surface area contributed by atoms with E-state index in [4.69, 9.17) is 9.47 Å². The Bertz CT molecular complexity index is 1430. The van der Waals surface area contributed by atoms with E-state index in [0.717, 1.165) is 11.1 Å². The summed E-state index contributed by atoms with van der Waals surface area (Å²) in [6.45, 7) is 1.60. The first-order chi connectivity index (χ1) is 15.9. The van der Waals surface area contributed by atoms with Crippen LogP contribution in [0, 0.1) is 0 Å². The van der Waals surface area contributed by atoms with E-state index in [-0.39, 0.29) is 16.6 Å². The molecule has 1 fully saturated rings. The number of H-pyrrole nitrogens is 1. The Morgan fingerprint density at radius 1 is 1.15 bits per heavy atom. The molecule has 0 saturated carbocycles. The highest BCUT2D eigenvalue weighted by Gasteiger charge is 2.29. The largest absolute Gasteiger partial charge is 0.457 e. The highest BCUT2D eigenvalue weighted by atomic mass is 32.2. The lowest BCUT2D eigenvalue weighted by Crippen LogP contribution is -2.03. The summed E-state index contributed by atoms with van der Waals surface area (Å²) >= 11 is 0. The fourth-order valence-corrected chi connectivity index (χ4v) is 4.66. The molecule has 2 aromatic carbocycles. The van der Waals surface area contributed by atoms with Gasteiger partial charge < -0.3 is 14.5 Å². The molecule has 5 rings (SSSR count). The Hall–Kier alpha value is -3.72. The van der Waals surface area contributed by atoms with Gasteiger partial charge in [0.15, 0.2) is 15.7 Å². The number of aromatic nitrogens is 3. The van der Waals surface area contributed by atoms with Gasteiger partial charge in [0.25, 0.3) is 0 Å². The van der Waals surface area contributed by atoms with Crippen LogP contribution in [0.5, 0.6) is 11.5 Å². The van der Waals surface area contributed by atoms with Crippen molar-refractivity contribution in [3.8, 4) is 23.0 Å². The predicted molar refractivity (Wildman–Crippen MR) is 122 cm³/mol. The number of ether oxygens (including phenoxy) is 2. The number of carbonyl (C=O) groups is 1. The van der Waals surface area contributed by atoms with E-state index in [1.807, 2.05) is 24.3 Å². The van der Waals surface area contributed by atoms with Crippen LogP contribution < -0.4 is 4.74 Å². The molecule has 1 aliphatic heterocycles. The minimum absolute atomic E-state index is 0.0266. The normalized spacial score (nSPS) is 16.2. The molecule has 0 aliphatic carbocycles. The molecule has 4 aromatic rings. The van der Waals surface area contributed by atoms with Crippen LogP contribution in [-0.2, 0) is 19.4 Å². The number of pyridine rings is 1. The molecule has 2 aromatic heterocycles. The van der Waals surface area contributed by atoms with Crippen molar-refractivity contribution >= 4 is 26.8 Å². The zero-order valence-electron chi connectivity index (χ0n) is 17.8. The maximum atomic E-state index is 12.1. The van der Waals surface area contributed by atoms with Gasteiger partial charge in [0, 0.05) is 24.2 Å². The van der Waals surface area contributed by atoms with Crippen LogP contribution in [0.3, 0.4) is 0 Å². The second-order valence-electron chi connectivity index (χ2n) is 7.70. The summed E-state index contributed by atoms with van der Waals surface area (Å²) < 4.78 is 35.8. The molecular formula is C24H21N3O5S. The van der Waals surface area contributed by atoms with Crippen LogP contribution in [0.4, 0.5) is 0 Å². The number of cyclic esters (lactones) is 1. The molecule has 8 nitrogen and oxygen atoms in total. The van der Waals surface area contributed by atoms with Crippen LogP contribution in [-0.4, -0.2) is 35.1 Å². The van der Waals surface area contributed by atoms with Gasteiger partial charge in [-0.2, -0.15) is 0 Å². The number of nitrogens with zero attached hydrogens (tertiary/aromatic N) is 2. The highest BCUT2D eigenvalue weighted by molar-refractivity contribution is 7.91. The summed E-state index contributed by atoms with van der Waals surface area (Å²) in [5, 5.41) is 0. The Kier molecular flexibility index (Phi) is 5.33. The Morgan fingerprint density at radius 3 is 2.64 bits per heavy atom. The average Bonchev–Trinajstić information content (AvgIpc) is 3.45. The third-order valence-corrected chi connectivity index (χ3v) is 7.29. The maximum Gasteiger partial charge on any atom is 0.306 e. The molecular weight excluding hydrogens is 442 g/mol. The first-order valence-corrected chi connectivity index (χ1v) is 12.2. The number of carbonyl (C=O) groups excluding carboxylic acids is 1. The van der Waals surface area contributed by atoms with Gasteiger partial charge in [-0.3, -0.25) is 9.78 Å². The van der Waals surface area contributed by atoms with Crippen LogP contribution in [0.2, 0.25) is 0 Å². The molecule has 33 heavy (non-hydrogen) atoms. The van der Waals surface area contributed by atoms with E-state index >= 15 is 0 Å². The molecule has 0 radical (unpaired) electrons. The van der Waals surface area contributed by atoms with Crippen LogP contribution >= 0.6 is 0 Å². The quantitative estimate of drug-likeness (QED) is 0.416. The number of rotatable bonds is 6. The standard InChI is InChI=1S/C24H21N3O5S/c1-2-33(29,30)16-8-6-15(7-9-16)31-22-14-20-19(13-17(22)21-10-11-23(28)32-21)26-24(27-20)18-5-3-4-12-25-18/h3-9,12-14,21H,2,10-11H2,1H3,(H,26,27)/t21-/m0/s1. The molecule has 1 aliphatic rings. The van der Waals surface area contributed by atoms with E-state index in [1.165, 1.54) is 12.1 Å². The second-order valence-corrected chi connectivity index (χ2v) is 9.98. The minimum Gasteiger partial charge on any atom is -0.457 e. The molecule has 3 heterocycles. The maximum absolute atomic E-state index is 12.1. The number of imidazole rings is 1. The smallest absolute Gasteiger partial charge is 0.306 e. The van der Waals surface area contributed by atoms with Gasteiger partial charge in [-0.25, -0.2) is 13.4 Å². The summed E-state index contributed by atoms with van der Waals surface area (Å²) in [5.41, 5.74) is 2.86. The molecule has 0 unspecified atom stereocenters. The molecule has 0 bridgehead atoms. The topological polar surface area (TPSA) is 111 Å². The van der Waals surface area contributed by atoms with Gasteiger partial charge in [0.1, 0.15) is 23.3 Å². The van der Waals surface area contributed by atoms with E-state index < -0.39 is 15.9 Å². The van der Waals surface area contributed by atoms with E-state index in [1.54, 1.807) is 31.3 Å². The third kappa shape index (κ3) is 4.19. The molecule has 0 amide bonds. The number of benzene rings is 2. The fraction of sp³-hybridized carbons (Fsp3) is 0.208. The van der Waals surface area contributed by atoms with Gasteiger partial charge in [-0.1, -0.05) is 13.0 Å². The van der Waals surface area contributed by atoms with Crippen LogP contribution in [0.15, 0.2) is 65.7 Å². The molecule has 1 atom stereocenters. The SMILES string of the molecule is CCS(=O)(=O)c1ccc(Oc2cc3nc(-c4ccccn4)[nH]c3cc2[C@@H]2CCC(=O)O2)cc1. The van der Waals surface area contributed by atoms with Crippen molar-refractivity contribution < 1.29 is 22.7 Å². The Morgan fingerprint density at radius 2 is 1.97 bits per heavy atom. The molecule has 0 spiro atoms. The van der Waals surface area contributed by atoms with Crippen molar-refractivity contribution in [3.05, 3.63) is 66.4 Å². The minimum atomic E-state index is -3.30. The summed E-state index contributed by atoms with van der Waals surface area (Å²) in [4.78, 5) is 24.2. The summed E-state index contributed by atoms with van der Waals surface area (Å²) in [6.07, 6.45) is 2.16. The Balaban J connectivity index is 1.55. The first-order valence-electron chi connectivity index (χ1n) is 10.6. The van der Waals surface area contributed by atoms with E-state index in [0.29, 0.717) is 41.4 Å². The van der Waals surface area contributed by atoms with Crippen molar-refractivity contribution in [3.63, 3.8) is 0 Å². The second kappa shape index (κ2) is 8.32.